The number of benzene rings is 2. The minimum Gasteiger partial charge on any atom is -0.463 e. The highest BCUT2D eigenvalue weighted by Gasteiger charge is 2.36. The maximum absolute atomic E-state index is 12.7. The van der Waals surface area contributed by atoms with E-state index in [4.69, 9.17) is 27.9 Å². The van der Waals surface area contributed by atoms with Gasteiger partial charge in [0, 0.05) is 23.5 Å². The van der Waals surface area contributed by atoms with E-state index in [-0.39, 0.29) is 18.5 Å². The monoisotopic (exact) mass is 489 g/mol. The van der Waals surface area contributed by atoms with Gasteiger partial charge in [0.2, 0.25) is 0 Å². The SMILES string of the molecule is CCCN1C(=O)NC(c2ccc(NC(=O)c3ccc(Cl)c(Cl)c3)cc2)C(C(=O)OCC)=C1C. The van der Waals surface area contributed by atoms with Crippen molar-refractivity contribution in [3.8, 4) is 0 Å². The Morgan fingerprint density at radius 3 is 2.39 bits per heavy atom. The molecule has 0 saturated carbocycles. The largest absolute Gasteiger partial charge is 0.463 e. The predicted octanol–water partition coefficient (Wildman–Crippen LogP) is 5.56. The first kappa shape index (κ1) is 24.6. The Labute approximate surface area is 202 Å². The first-order valence-electron chi connectivity index (χ1n) is 10.6. The molecule has 3 amide bonds. The van der Waals surface area contributed by atoms with E-state index in [0.717, 1.165) is 6.42 Å². The van der Waals surface area contributed by atoms with Gasteiger partial charge in [0.1, 0.15) is 0 Å². The zero-order valence-electron chi connectivity index (χ0n) is 18.6. The fourth-order valence-electron chi connectivity index (χ4n) is 3.60. The summed E-state index contributed by atoms with van der Waals surface area (Å²) < 4.78 is 5.26. The highest BCUT2D eigenvalue weighted by atomic mass is 35.5. The Bertz CT molecular complexity index is 1100. The van der Waals surface area contributed by atoms with Gasteiger partial charge >= 0.3 is 12.0 Å². The minimum atomic E-state index is -0.663. The third kappa shape index (κ3) is 5.49. The molecule has 1 unspecified atom stereocenters. The van der Waals surface area contributed by atoms with E-state index < -0.39 is 12.0 Å². The summed E-state index contributed by atoms with van der Waals surface area (Å²) in [7, 11) is 0. The molecule has 0 spiro atoms. The summed E-state index contributed by atoms with van der Waals surface area (Å²) in [5.41, 5.74) is 2.56. The van der Waals surface area contributed by atoms with E-state index in [0.29, 0.717) is 44.7 Å². The van der Waals surface area contributed by atoms with Crippen molar-refractivity contribution in [1.82, 2.24) is 10.2 Å². The topological polar surface area (TPSA) is 87.7 Å². The lowest BCUT2D eigenvalue weighted by Crippen LogP contribution is -2.48. The number of ether oxygens (including phenoxy) is 1. The summed E-state index contributed by atoms with van der Waals surface area (Å²) in [6, 6.07) is 10.6. The number of rotatable bonds is 7. The number of allylic oxidation sites excluding steroid dienone is 1. The van der Waals surface area contributed by atoms with E-state index in [1.54, 1.807) is 55.1 Å². The van der Waals surface area contributed by atoms with Gasteiger partial charge in [-0.15, -0.1) is 0 Å². The fourth-order valence-corrected chi connectivity index (χ4v) is 3.90. The van der Waals surface area contributed by atoms with Gasteiger partial charge in [0.15, 0.2) is 0 Å². The molecule has 2 N–H and O–H groups in total. The lowest BCUT2D eigenvalue weighted by molar-refractivity contribution is -0.139. The van der Waals surface area contributed by atoms with E-state index in [2.05, 4.69) is 10.6 Å². The molecule has 0 aromatic heterocycles. The molecule has 7 nitrogen and oxygen atoms in total. The van der Waals surface area contributed by atoms with Crippen LogP contribution in [0.5, 0.6) is 0 Å². The summed E-state index contributed by atoms with van der Waals surface area (Å²) in [4.78, 5) is 39.5. The van der Waals surface area contributed by atoms with Gasteiger partial charge in [0.25, 0.3) is 5.91 Å². The minimum absolute atomic E-state index is 0.226. The molecule has 0 fully saturated rings. The quantitative estimate of drug-likeness (QED) is 0.498. The Hall–Kier alpha value is -3.03. The molecule has 0 aliphatic carbocycles. The molecule has 3 rings (SSSR count). The second-order valence-corrected chi connectivity index (χ2v) is 8.27. The standard InChI is InChI=1S/C24H25Cl2N3O4/c1-4-12-29-14(3)20(23(31)33-5-2)21(28-24(29)32)15-6-9-17(10-7-15)27-22(30)16-8-11-18(25)19(26)13-16/h6-11,13,21H,4-5,12H2,1-3H3,(H,27,30)(H,28,32). The molecule has 33 heavy (non-hydrogen) atoms. The third-order valence-electron chi connectivity index (χ3n) is 5.22. The maximum atomic E-state index is 12.7. The summed E-state index contributed by atoms with van der Waals surface area (Å²) >= 11 is 11.9. The van der Waals surface area contributed by atoms with Crippen molar-refractivity contribution >= 4 is 46.8 Å². The molecule has 1 heterocycles. The van der Waals surface area contributed by atoms with Crippen LogP contribution in [0.3, 0.4) is 0 Å². The second-order valence-electron chi connectivity index (χ2n) is 7.46. The normalized spacial score (nSPS) is 15.8. The highest BCUT2D eigenvalue weighted by molar-refractivity contribution is 6.42. The Morgan fingerprint density at radius 1 is 1.09 bits per heavy atom. The number of carbonyl (C=O) groups excluding carboxylic acids is 3. The number of urea groups is 1. The van der Waals surface area contributed by atoms with Gasteiger partial charge in [-0.3, -0.25) is 9.69 Å². The molecule has 174 valence electrons. The van der Waals surface area contributed by atoms with Crippen molar-refractivity contribution in [3.63, 3.8) is 0 Å². The Balaban J connectivity index is 1.85. The van der Waals surface area contributed by atoms with Gasteiger partial charge in [-0.25, -0.2) is 9.59 Å². The van der Waals surface area contributed by atoms with E-state index >= 15 is 0 Å². The molecule has 0 bridgehead atoms. The van der Waals surface area contributed by atoms with Crippen LogP contribution in [-0.2, 0) is 9.53 Å². The molecule has 2 aromatic rings. The third-order valence-corrected chi connectivity index (χ3v) is 5.96. The smallest absolute Gasteiger partial charge is 0.338 e. The summed E-state index contributed by atoms with van der Waals surface area (Å²) in [6.45, 7) is 6.16. The van der Waals surface area contributed by atoms with Crippen LogP contribution in [0.4, 0.5) is 10.5 Å². The maximum Gasteiger partial charge on any atom is 0.338 e. The second kappa shape index (κ2) is 10.7. The first-order chi connectivity index (χ1) is 15.8. The predicted molar refractivity (Wildman–Crippen MR) is 128 cm³/mol. The summed E-state index contributed by atoms with van der Waals surface area (Å²) in [5.74, 6) is -0.816. The molecule has 1 atom stereocenters. The van der Waals surface area contributed by atoms with Crippen molar-refractivity contribution in [1.29, 1.82) is 0 Å². The molecule has 0 saturated heterocycles. The van der Waals surface area contributed by atoms with Crippen molar-refractivity contribution < 1.29 is 19.1 Å². The molecule has 0 radical (unpaired) electrons. The number of carbonyl (C=O) groups is 3. The van der Waals surface area contributed by atoms with Crippen LogP contribution < -0.4 is 10.6 Å². The van der Waals surface area contributed by atoms with Gasteiger partial charge < -0.3 is 15.4 Å². The van der Waals surface area contributed by atoms with E-state index in [9.17, 15) is 14.4 Å². The molecular weight excluding hydrogens is 465 g/mol. The fraction of sp³-hybridized carbons (Fsp3) is 0.292. The van der Waals surface area contributed by atoms with Crippen LogP contribution in [-0.4, -0.2) is 36.0 Å². The molecule has 9 heteroatoms. The average Bonchev–Trinajstić information content (AvgIpc) is 2.78. The number of esters is 1. The van der Waals surface area contributed by atoms with Crippen LogP contribution in [0, 0.1) is 0 Å². The van der Waals surface area contributed by atoms with Crippen LogP contribution in [0.15, 0.2) is 53.7 Å². The number of nitrogens with zero attached hydrogens (tertiary/aromatic N) is 1. The van der Waals surface area contributed by atoms with Crippen molar-refractivity contribution in [2.75, 3.05) is 18.5 Å². The van der Waals surface area contributed by atoms with Gasteiger partial charge in [-0.1, -0.05) is 42.3 Å². The molecule has 1 aliphatic heterocycles. The van der Waals surface area contributed by atoms with Crippen LogP contribution in [0.1, 0.15) is 49.2 Å². The Kier molecular flexibility index (Phi) is 8.00. The molecule has 1 aliphatic rings. The Morgan fingerprint density at radius 2 is 1.79 bits per heavy atom. The highest BCUT2D eigenvalue weighted by Crippen LogP contribution is 2.32. The zero-order chi connectivity index (χ0) is 24.1. The van der Waals surface area contributed by atoms with Gasteiger partial charge in [-0.2, -0.15) is 0 Å². The van der Waals surface area contributed by atoms with E-state index in [1.165, 1.54) is 6.07 Å². The lowest BCUT2D eigenvalue weighted by atomic mass is 9.94. The van der Waals surface area contributed by atoms with Crippen LogP contribution >= 0.6 is 23.2 Å². The van der Waals surface area contributed by atoms with Crippen molar-refractivity contribution in [3.05, 3.63) is 74.9 Å². The van der Waals surface area contributed by atoms with Crippen LogP contribution in [0.25, 0.3) is 0 Å². The average molecular weight is 490 g/mol. The lowest BCUT2D eigenvalue weighted by Gasteiger charge is -2.35. The van der Waals surface area contributed by atoms with Crippen molar-refractivity contribution in [2.45, 2.75) is 33.2 Å². The molecule has 2 aromatic carbocycles. The van der Waals surface area contributed by atoms with Gasteiger partial charge in [0.05, 0.1) is 28.3 Å². The van der Waals surface area contributed by atoms with E-state index in [1.807, 2.05) is 6.92 Å². The van der Waals surface area contributed by atoms with Crippen molar-refractivity contribution in [2.24, 2.45) is 0 Å². The summed E-state index contributed by atoms with van der Waals surface area (Å²) in [6.07, 6.45) is 0.749. The zero-order valence-corrected chi connectivity index (χ0v) is 20.1. The molecular formula is C24H25Cl2N3O4. The van der Waals surface area contributed by atoms with Crippen LogP contribution in [0.2, 0.25) is 10.0 Å². The number of halogens is 2. The van der Waals surface area contributed by atoms with Gasteiger partial charge in [-0.05, 0) is 56.2 Å². The first-order valence-corrected chi connectivity index (χ1v) is 11.3. The number of hydrogen-bond acceptors (Lipinski definition) is 4. The number of hydrogen-bond donors (Lipinski definition) is 2. The summed E-state index contributed by atoms with van der Waals surface area (Å²) in [5, 5.41) is 6.35. The number of anilines is 1. The number of amides is 3. The number of nitrogens with one attached hydrogen (secondary N) is 2.